The summed E-state index contributed by atoms with van der Waals surface area (Å²) < 4.78 is 31.6. The van der Waals surface area contributed by atoms with Gasteiger partial charge in [0.05, 0.1) is 30.9 Å². The van der Waals surface area contributed by atoms with Crippen molar-refractivity contribution in [2.24, 2.45) is 0 Å². The van der Waals surface area contributed by atoms with Crippen LogP contribution in [0, 0.1) is 0 Å². The number of rotatable bonds is 6. The summed E-state index contributed by atoms with van der Waals surface area (Å²) in [6.45, 7) is 0.238. The molecule has 0 spiro atoms. The van der Waals surface area contributed by atoms with Crippen molar-refractivity contribution >= 4 is 21.6 Å². The zero-order chi connectivity index (χ0) is 18.7. The van der Waals surface area contributed by atoms with Crippen molar-refractivity contribution in [1.29, 1.82) is 0 Å². The van der Waals surface area contributed by atoms with Gasteiger partial charge in [0.1, 0.15) is 0 Å². The van der Waals surface area contributed by atoms with Gasteiger partial charge in [-0.15, -0.1) is 0 Å². The van der Waals surface area contributed by atoms with Crippen molar-refractivity contribution in [3.05, 3.63) is 59.4 Å². The Hall–Kier alpha value is -2.42. The molecule has 0 aliphatic heterocycles. The quantitative estimate of drug-likeness (QED) is 0.696. The number of nitrogens with one attached hydrogen (secondary N) is 1. The highest BCUT2D eigenvalue weighted by Gasteiger charge is 2.12. The minimum absolute atomic E-state index is 0.238. The third-order valence-corrected chi connectivity index (χ3v) is 4.50. The summed E-state index contributed by atoms with van der Waals surface area (Å²) >= 11 is 6.10. The predicted molar refractivity (Wildman–Crippen MR) is 100 cm³/mol. The molecule has 0 unspecified atom stereocenters. The molecule has 9 heteroatoms. The summed E-state index contributed by atoms with van der Waals surface area (Å²) in [6, 6.07) is 12.8. The fraction of sp³-hybridized carbons (Fsp3) is 0.176. The number of halogens is 1. The van der Waals surface area contributed by atoms with Gasteiger partial charge in [-0.05, 0) is 11.6 Å². The lowest BCUT2D eigenvalue weighted by atomic mass is 10.1. The van der Waals surface area contributed by atoms with E-state index in [4.69, 9.17) is 16.3 Å². The van der Waals surface area contributed by atoms with Gasteiger partial charge in [-0.2, -0.15) is 5.10 Å². The van der Waals surface area contributed by atoms with Gasteiger partial charge in [0, 0.05) is 24.2 Å². The first kappa shape index (κ1) is 18.4. The molecule has 0 fully saturated rings. The molecule has 0 saturated heterocycles. The molecule has 0 bridgehead atoms. The molecule has 136 valence electrons. The van der Waals surface area contributed by atoms with Gasteiger partial charge in [0.2, 0.25) is 15.9 Å². The van der Waals surface area contributed by atoms with E-state index in [9.17, 15) is 8.42 Å². The van der Waals surface area contributed by atoms with Gasteiger partial charge in [-0.25, -0.2) is 22.8 Å². The van der Waals surface area contributed by atoms with E-state index >= 15 is 0 Å². The highest BCUT2D eigenvalue weighted by Crippen LogP contribution is 2.26. The topological polar surface area (TPSA) is 86.1 Å². The molecule has 0 aliphatic rings. The lowest BCUT2D eigenvalue weighted by Gasteiger charge is -2.09. The summed E-state index contributed by atoms with van der Waals surface area (Å²) in [5.74, 6) is 0.510. The number of methoxy groups -OCH3 is 1. The Morgan fingerprint density at radius 3 is 2.50 bits per heavy atom. The number of nitrogens with zero attached hydrogens (tertiary/aromatic N) is 3. The number of pyridine rings is 1. The first-order valence-corrected chi connectivity index (χ1v) is 9.92. The molecule has 3 aromatic rings. The van der Waals surface area contributed by atoms with Crippen LogP contribution in [0.4, 0.5) is 0 Å². The Morgan fingerprint density at radius 2 is 1.92 bits per heavy atom. The van der Waals surface area contributed by atoms with Crippen molar-refractivity contribution in [3.8, 4) is 22.8 Å². The van der Waals surface area contributed by atoms with Crippen LogP contribution in [0.5, 0.6) is 5.88 Å². The van der Waals surface area contributed by atoms with E-state index in [0.717, 1.165) is 28.8 Å². The molecule has 3 rings (SSSR count). The van der Waals surface area contributed by atoms with E-state index in [0.29, 0.717) is 11.0 Å². The van der Waals surface area contributed by atoms with Crippen molar-refractivity contribution in [3.63, 3.8) is 0 Å². The molecule has 1 aromatic carbocycles. The Kier molecular flexibility index (Phi) is 5.26. The largest absolute Gasteiger partial charge is 0.481 e. The number of benzene rings is 1. The molecular weight excluding hydrogens is 376 g/mol. The molecule has 0 radical (unpaired) electrons. The van der Waals surface area contributed by atoms with Gasteiger partial charge in [-0.1, -0.05) is 35.9 Å². The average Bonchev–Trinajstić information content (AvgIpc) is 3.01. The van der Waals surface area contributed by atoms with Crippen LogP contribution in [-0.4, -0.2) is 36.5 Å². The van der Waals surface area contributed by atoms with Gasteiger partial charge < -0.3 is 4.74 Å². The molecule has 1 N–H and O–H groups in total. The maximum absolute atomic E-state index is 11.2. The summed E-state index contributed by atoms with van der Waals surface area (Å²) in [6.07, 6.45) is 2.78. The van der Waals surface area contributed by atoms with Crippen molar-refractivity contribution < 1.29 is 13.2 Å². The van der Waals surface area contributed by atoms with Crippen molar-refractivity contribution in [1.82, 2.24) is 19.5 Å². The van der Waals surface area contributed by atoms with E-state index in [1.807, 2.05) is 30.3 Å². The Balaban J connectivity index is 1.89. The highest BCUT2D eigenvalue weighted by molar-refractivity contribution is 7.88. The van der Waals surface area contributed by atoms with Gasteiger partial charge >= 0.3 is 0 Å². The van der Waals surface area contributed by atoms with E-state index in [1.165, 1.54) is 0 Å². The number of hydrogen-bond donors (Lipinski definition) is 1. The van der Waals surface area contributed by atoms with Crippen molar-refractivity contribution in [2.45, 2.75) is 6.54 Å². The van der Waals surface area contributed by atoms with Crippen LogP contribution in [-0.2, 0) is 16.6 Å². The van der Waals surface area contributed by atoms with Crippen LogP contribution in [0.1, 0.15) is 5.56 Å². The third-order valence-electron chi connectivity index (χ3n) is 3.64. The number of hydrogen-bond acceptors (Lipinski definition) is 5. The zero-order valence-electron chi connectivity index (χ0n) is 14.2. The fourth-order valence-corrected chi connectivity index (χ4v) is 2.99. The lowest BCUT2D eigenvalue weighted by molar-refractivity contribution is 0.397. The average molecular weight is 393 g/mol. The lowest BCUT2D eigenvalue weighted by Crippen LogP contribution is -2.21. The molecule has 2 aromatic heterocycles. The predicted octanol–water partition coefficient (Wildman–Crippen LogP) is 2.65. The molecule has 7 nitrogen and oxygen atoms in total. The van der Waals surface area contributed by atoms with E-state index in [1.54, 1.807) is 30.1 Å². The number of ether oxygens (including phenoxy) is 1. The summed E-state index contributed by atoms with van der Waals surface area (Å²) in [7, 11) is -1.67. The maximum Gasteiger partial charge on any atom is 0.213 e. The standard InChI is InChI=1S/C17H17ClN4O3S/c1-25-17-8-7-14(11-19-17)22-15(9-16(18)21-22)13-5-3-12(4-6-13)10-20-26(2,23)24/h3-9,11,20H,10H2,1-2H3. The Morgan fingerprint density at radius 1 is 1.19 bits per heavy atom. The Bertz CT molecular complexity index is 999. The molecule has 0 saturated carbocycles. The van der Waals surface area contributed by atoms with Crippen LogP contribution in [0.2, 0.25) is 5.15 Å². The van der Waals surface area contributed by atoms with Gasteiger partial charge in [0.15, 0.2) is 5.15 Å². The van der Waals surface area contributed by atoms with E-state index in [2.05, 4.69) is 14.8 Å². The Labute approximate surface area is 156 Å². The van der Waals surface area contributed by atoms with Gasteiger partial charge in [0.25, 0.3) is 0 Å². The van der Waals surface area contributed by atoms with Crippen LogP contribution < -0.4 is 9.46 Å². The number of aromatic nitrogens is 3. The highest BCUT2D eigenvalue weighted by atomic mass is 35.5. The van der Waals surface area contributed by atoms with E-state index in [-0.39, 0.29) is 6.54 Å². The first-order chi connectivity index (χ1) is 12.4. The molecule has 2 heterocycles. The molecule has 0 aliphatic carbocycles. The minimum Gasteiger partial charge on any atom is -0.481 e. The maximum atomic E-state index is 11.2. The van der Waals surface area contributed by atoms with E-state index < -0.39 is 10.0 Å². The van der Waals surface area contributed by atoms with Crippen molar-refractivity contribution in [2.75, 3.05) is 13.4 Å². The molecule has 0 amide bonds. The summed E-state index contributed by atoms with van der Waals surface area (Å²) in [5.41, 5.74) is 3.28. The van der Waals surface area contributed by atoms with Gasteiger partial charge in [-0.3, -0.25) is 0 Å². The SMILES string of the molecule is COc1ccc(-n2nc(Cl)cc2-c2ccc(CNS(C)(=O)=O)cc2)cn1. The smallest absolute Gasteiger partial charge is 0.213 e. The molecule has 0 atom stereocenters. The monoisotopic (exact) mass is 392 g/mol. The second-order valence-corrected chi connectivity index (χ2v) is 7.83. The third kappa shape index (κ3) is 4.40. The molecule has 26 heavy (non-hydrogen) atoms. The normalized spacial score (nSPS) is 11.5. The summed E-state index contributed by atoms with van der Waals surface area (Å²) in [4.78, 5) is 4.19. The fourth-order valence-electron chi connectivity index (χ4n) is 2.38. The summed E-state index contributed by atoms with van der Waals surface area (Å²) in [5, 5.41) is 4.67. The van der Waals surface area contributed by atoms with Crippen LogP contribution in [0.15, 0.2) is 48.7 Å². The number of sulfonamides is 1. The second kappa shape index (κ2) is 7.45. The zero-order valence-corrected chi connectivity index (χ0v) is 15.8. The molecular formula is C17H17ClN4O3S. The van der Waals surface area contributed by atoms with Crippen LogP contribution >= 0.6 is 11.6 Å². The second-order valence-electron chi connectivity index (χ2n) is 5.61. The van der Waals surface area contributed by atoms with Crippen LogP contribution in [0.25, 0.3) is 16.9 Å². The first-order valence-electron chi connectivity index (χ1n) is 7.65. The van der Waals surface area contributed by atoms with Crippen LogP contribution in [0.3, 0.4) is 0 Å². The minimum atomic E-state index is -3.23.